The van der Waals surface area contributed by atoms with Gasteiger partial charge in [-0.15, -0.1) is 0 Å². The summed E-state index contributed by atoms with van der Waals surface area (Å²) >= 11 is 0. The highest BCUT2D eigenvalue weighted by atomic mass is 15.2. The van der Waals surface area contributed by atoms with Crippen LogP contribution in [0.5, 0.6) is 0 Å². The lowest BCUT2D eigenvalue weighted by molar-refractivity contribution is 0.0941. The third kappa shape index (κ3) is 4.73. The minimum Gasteiger partial charge on any atom is -0.326 e. The van der Waals surface area contributed by atoms with Crippen molar-refractivity contribution in [2.24, 2.45) is 11.7 Å². The van der Waals surface area contributed by atoms with Crippen molar-refractivity contribution in [2.75, 3.05) is 6.54 Å². The number of nitrogens with zero attached hydrogens (tertiary/aromatic N) is 1. The molecule has 0 aromatic rings. The molecule has 2 heteroatoms. The Morgan fingerprint density at radius 1 is 0.900 bits per heavy atom. The fourth-order valence-corrected chi connectivity index (χ4v) is 4.17. The number of hydrogen-bond acceptors (Lipinski definition) is 2. The van der Waals surface area contributed by atoms with Gasteiger partial charge in [-0.1, -0.05) is 52.4 Å². The van der Waals surface area contributed by atoms with Crippen LogP contribution < -0.4 is 5.73 Å². The molecule has 0 aromatic carbocycles. The molecule has 0 aliphatic heterocycles. The van der Waals surface area contributed by atoms with Crippen LogP contribution in [0.25, 0.3) is 0 Å². The van der Waals surface area contributed by atoms with E-state index in [9.17, 15) is 0 Å². The van der Waals surface area contributed by atoms with Gasteiger partial charge in [0, 0.05) is 18.1 Å². The molecular formula is C18H36N2. The maximum Gasteiger partial charge on any atom is 0.0250 e. The van der Waals surface area contributed by atoms with Crippen molar-refractivity contribution < 1.29 is 0 Å². The highest BCUT2D eigenvalue weighted by molar-refractivity contribution is 4.89. The predicted octanol–water partition coefficient (Wildman–Crippen LogP) is 4.33. The topological polar surface area (TPSA) is 29.3 Å². The molecule has 2 N–H and O–H groups in total. The Hall–Kier alpha value is -0.0800. The van der Waals surface area contributed by atoms with E-state index in [2.05, 4.69) is 18.7 Å². The van der Waals surface area contributed by atoms with Gasteiger partial charge >= 0.3 is 0 Å². The van der Waals surface area contributed by atoms with Gasteiger partial charge in [0.1, 0.15) is 0 Å². The van der Waals surface area contributed by atoms with Gasteiger partial charge in [-0.3, -0.25) is 4.90 Å². The maximum atomic E-state index is 6.58. The molecule has 0 radical (unpaired) electrons. The van der Waals surface area contributed by atoms with Crippen molar-refractivity contribution in [3.8, 4) is 0 Å². The lowest BCUT2D eigenvalue weighted by Crippen LogP contribution is -2.52. The van der Waals surface area contributed by atoms with Gasteiger partial charge in [0.25, 0.3) is 0 Å². The lowest BCUT2D eigenvalue weighted by Gasteiger charge is -2.41. The molecule has 2 atom stereocenters. The van der Waals surface area contributed by atoms with Crippen molar-refractivity contribution in [2.45, 2.75) is 103 Å². The van der Waals surface area contributed by atoms with Crippen LogP contribution in [0, 0.1) is 5.92 Å². The quantitative estimate of drug-likeness (QED) is 0.812. The SMILES string of the molecule is CC(C)CCN(C1CCCC1)C1CCCCCCC1N. The average Bonchev–Trinajstić information content (AvgIpc) is 2.91. The Kier molecular flexibility index (Phi) is 6.83. The largest absolute Gasteiger partial charge is 0.326 e. The molecule has 2 nitrogen and oxygen atoms in total. The van der Waals surface area contributed by atoms with Crippen molar-refractivity contribution >= 4 is 0 Å². The van der Waals surface area contributed by atoms with E-state index in [1.807, 2.05) is 0 Å². The van der Waals surface area contributed by atoms with Crippen LogP contribution in [0.4, 0.5) is 0 Å². The Morgan fingerprint density at radius 2 is 1.50 bits per heavy atom. The molecule has 2 fully saturated rings. The van der Waals surface area contributed by atoms with E-state index in [-0.39, 0.29) is 0 Å². The number of hydrogen-bond donors (Lipinski definition) is 1. The van der Waals surface area contributed by atoms with Gasteiger partial charge in [0.05, 0.1) is 0 Å². The van der Waals surface area contributed by atoms with E-state index in [1.54, 1.807) is 0 Å². The Bertz CT molecular complexity index is 258. The standard InChI is InChI=1S/C18H36N2/c1-15(2)13-14-20(16-9-7-8-10-16)18-12-6-4-3-5-11-17(18)19/h15-18H,3-14,19H2,1-2H3. The molecule has 0 spiro atoms. The first-order valence-electron chi connectivity index (χ1n) is 9.20. The molecule has 0 aromatic heterocycles. The van der Waals surface area contributed by atoms with Crippen LogP contribution >= 0.6 is 0 Å². The molecule has 2 rings (SSSR count). The predicted molar refractivity (Wildman–Crippen MR) is 87.9 cm³/mol. The molecule has 0 amide bonds. The molecule has 2 saturated carbocycles. The minimum absolute atomic E-state index is 0.420. The van der Waals surface area contributed by atoms with Crippen LogP contribution in [-0.4, -0.2) is 29.6 Å². The zero-order valence-electron chi connectivity index (χ0n) is 13.8. The lowest BCUT2D eigenvalue weighted by atomic mass is 9.90. The van der Waals surface area contributed by atoms with Crippen LogP contribution in [-0.2, 0) is 0 Å². The van der Waals surface area contributed by atoms with Gasteiger partial charge < -0.3 is 5.73 Å². The Balaban J connectivity index is 2.01. The average molecular weight is 280 g/mol. The highest BCUT2D eigenvalue weighted by Gasteiger charge is 2.32. The van der Waals surface area contributed by atoms with Crippen molar-refractivity contribution in [3.63, 3.8) is 0 Å². The maximum absolute atomic E-state index is 6.58. The van der Waals surface area contributed by atoms with Crippen LogP contribution in [0.1, 0.15) is 84.5 Å². The molecule has 2 unspecified atom stereocenters. The molecular weight excluding hydrogens is 244 g/mol. The molecule has 20 heavy (non-hydrogen) atoms. The van der Waals surface area contributed by atoms with E-state index < -0.39 is 0 Å². The van der Waals surface area contributed by atoms with E-state index in [4.69, 9.17) is 5.73 Å². The van der Waals surface area contributed by atoms with Gasteiger partial charge in [-0.2, -0.15) is 0 Å². The fraction of sp³-hybridized carbons (Fsp3) is 1.00. The van der Waals surface area contributed by atoms with E-state index in [0.29, 0.717) is 12.1 Å². The van der Waals surface area contributed by atoms with Crippen LogP contribution in [0.15, 0.2) is 0 Å². The second kappa shape index (κ2) is 8.38. The van der Waals surface area contributed by atoms with Crippen molar-refractivity contribution in [3.05, 3.63) is 0 Å². The van der Waals surface area contributed by atoms with Gasteiger partial charge in [0.2, 0.25) is 0 Å². The van der Waals surface area contributed by atoms with Crippen LogP contribution in [0.3, 0.4) is 0 Å². The Labute approximate surface area is 126 Å². The molecule has 0 saturated heterocycles. The zero-order chi connectivity index (χ0) is 14.4. The third-order valence-corrected chi connectivity index (χ3v) is 5.47. The summed E-state index contributed by atoms with van der Waals surface area (Å²) in [6.07, 6.45) is 15.2. The first-order valence-corrected chi connectivity index (χ1v) is 9.20. The molecule has 2 aliphatic rings. The Morgan fingerprint density at radius 3 is 2.15 bits per heavy atom. The summed E-state index contributed by atoms with van der Waals surface area (Å²) in [4.78, 5) is 2.85. The number of rotatable bonds is 5. The summed E-state index contributed by atoms with van der Waals surface area (Å²) < 4.78 is 0. The minimum atomic E-state index is 0.420. The van der Waals surface area contributed by atoms with Crippen LogP contribution in [0.2, 0.25) is 0 Å². The summed E-state index contributed by atoms with van der Waals surface area (Å²) in [6.45, 7) is 5.98. The first kappa shape index (κ1) is 16.3. The summed E-state index contributed by atoms with van der Waals surface area (Å²) in [7, 11) is 0. The number of nitrogens with two attached hydrogens (primary N) is 1. The van der Waals surface area contributed by atoms with Gasteiger partial charge in [0.15, 0.2) is 0 Å². The second-order valence-electron chi connectivity index (χ2n) is 7.58. The van der Waals surface area contributed by atoms with E-state index in [1.165, 1.54) is 77.2 Å². The van der Waals surface area contributed by atoms with E-state index in [0.717, 1.165) is 12.0 Å². The van der Waals surface area contributed by atoms with Crippen molar-refractivity contribution in [1.82, 2.24) is 4.90 Å². The normalized spacial score (nSPS) is 29.9. The third-order valence-electron chi connectivity index (χ3n) is 5.47. The second-order valence-corrected chi connectivity index (χ2v) is 7.58. The monoisotopic (exact) mass is 280 g/mol. The molecule has 0 bridgehead atoms. The molecule has 2 aliphatic carbocycles. The summed E-state index contributed by atoms with van der Waals surface area (Å²) in [5.41, 5.74) is 6.58. The summed E-state index contributed by atoms with van der Waals surface area (Å²) in [6, 6.07) is 1.92. The van der Waals surface area contributed by atoms with E-state index >= 15 is 0 Å². The summed E-state index contributed by atoms with van der Waals surface area (Å²) in [5, 5.41) is 0. The first-order chi connectivity index (χ1) is 9.68. The molecule has 118 valence electrons. The van der Waals surface area contributed by atoms with Gasteiger partial charge in [-0.25, -0.2) is 0 Å². The van der Waals surface area contributed by atoms with Crippen molar-refractivity contribution in [1.29, 1.82) is 0 Å². The summed E-state index contributed by atoms with van der Waals surface area (Å²) in [5.74, 6) is 0.809. The molecule has 0 heterocycles. The van der Waals surface area contributed by atoms with Gasteiger partial charge in [-0.05, 0) is 44.6 Å². The highest BCUT2D eigenvalue weighted by Crippen LogP contribution is 2.30. The fourth-order valence-electron chi connectivity index (χ4n) is 4.17. The zero-order valence-corrected chi connectivity index (χ0v) is 13.8. The smallest absolute Gasteiger partial charge is 0.0250 e.